The fraction of sp³-hybridized carbons (Fsp3) is 0.500. The number of rotatable bonds is 6. The lowest BCUT2D eigenvalue weighted by atomic mass is 10.2. The fourth-order valence-electron chi connectivity index (χ4n) is 4.23. The molecule has 0 saturated carbocycles. The Bertz CT molecular complexity index is 1040. The summed E-state index contributed by atoms with van der Waals surface area (Å²) in [7, 11) is 0. The van der Waals surface area contributed by atoms with Gasteiger partial charge in [0.1, 0.15) is 5.82 Å². The van der Waals surface area contributed by atoms with Crippen LogP contribution in [0.15, 0.2) is 24.4 Å². The van der Waals surface area contributed by atoms with E-state index in [9.17, 15) is 0 Å². The summed E-state index contributed by atoms with van der Waals surface area (Å²) >= 11 is 1.79. The van der Waals surface area contributed by atoms with Crippen molar-refractivity contribution in [1.29, 1.82) is 0 Å². The third-order valence-electron chi connectivity index (χ3n) is 6.02. The zero-order valence-electron chi connectivity index (χ0n) is 18.1. The minimum atomic E-state index is 0.227. The van der Waals surface area contributed by atoms with Crippen molar-refractivity contribution in [2.75, 3.05) is 76.3 Å². The van der Waals surface area contributed by atoms with Crippen molar-refractivity contribution in [1.82, 2.24) is 24.8 Å². The molecule has 0 radical (unpaired) electrons. The zero-order valence-corrected chi connectivity index (χ0v) is 18.9. The average Bonchev–Trinajstić information content (AvgIpc) is 3.23. The van der Waals surface area contributed by atoms with Crippen LogP contribution in [0.5, 0.6) is 0 Å². The van der Waals surface area contributed by atoms with Crippen LogP contribution in [0.3, 0.4) is 0 Å². The van der Waals surface area contributed by atoms with Crippen LogP contribution in [-0.4, -0.2) is 95.5 Å². The minimum absolute atomic E-state index is 0.227. The van der Waals surface area contributed by atoms with E-state index in [1.807, 2.05) is 6.07 Å². The number of aliphatic hydroxyl groups is 1. The molecule has 0 unspecified atom stereocenters. The van der Waals surface area contributed by atoms with Crippen LogP contribution in [0.4, 0.5) is 11.6 Å². The quantitative estimate of drug-likeness (QED) is 0.569. The molecule has 0 bridgehead atoms. The molecule has 2 aliphatic heterocycles. The molecule has 0 aliphatic carbocycles. The van der Waals surface area contributed by atoms with Crippen molar-refractivity contribution in [3.8, 4) is 11.4 Å². The van der Waals surface area contributed by atoms with E-state index < -0.39 is 0 Å². The Morgan fingerprint density at radius 2 is 1.81 bits per heavy atom. The molecule has 2 fully saturated rings. The topological polar surface area (TPSA) is 104 Å². The smallest absolute Gasteiger partial charge is 0.163 e. The summed E-state index contributed by atoms with van der Waals surface area (Å²) < 4.78 is 6.69. The van der Waals surface area contributed by atoms with Gasteiger partial charge in [-0.2, -0.15) is 0 Å². The fourth-order valence-corrected chi connectivity index (χ4v) is 5.39. The van der Waals surface area contributed by atoms with Gasteiger partial charge in [0.25, 0.3) is 0 Å². The van der Waals surface area contributed by atoms with Gasteiger partial charge < -0.3 is 20.5 Å². The standard InChI is InChI=1S/C22H29N7O2S/c23-19-2-1-16(14-24-19)21-25-18-13-17(15-28-5-3-27(4-6-28)7-10-30)32-20(18)22(26-21)29-8-11-31-12-9-29/h1-2,13-14,30H,3-12,15H2,(H2,23,24). The van der Waals surface area contributed by atoms with Gasteiger partial charge in [-0.05, 0) is 18.2 Å². The summed E-state index contributed by atoms with van der Waals surface area (Å²) in [6.07, 6.45) is 1.73. The molecular weight excluding hydrogens is 426 g/mol. The van der Waals surface area contributed by atoms with E-state index in [2.05, 4.69) is 25.8 Å². The number of anilines is 2. The van der Waals surface area contributed by atoms with Gasteiger partial charge in [0.15, 0.2) is 11.6 Å². The number of thiophene rings is 1. The van der Waals surface area contributed by atoms with Crippen LogP contribution < -0.4 is 10.6 Å². The van der Waals surface area contributed by atoms with E-state index >= 15 is 0 Å². The Hall–Kier alpha value is -2.37. The van der Waals surface area contributed by atoms with Crippen LogP contribution in [0.1, 0.15) is 4.88 Å². The highest BCUT2D eigenvalue weighted by molar-refractivity contribution is 7.19. The van der Waals surface area contributed by atoms with E-state index in [1.54, 1.807) is 23.6 Å². The van der Waals surface area contributed by atoms with Gasteiger partial charge in [-0.1, -0.05) is 0 Å². The number of β-amino-alcohol motifs (C(OH)–C–C–N with tert-alkyl or cyclic N) is 1. The second-order valence-corrected chi connectivity index (χ2v) is 9.35. The molecule has 2 saturated heterocycles. The molecule has 3 aromatic rings. The van der Waals surface area contributed by atoms with Crippen LogP contribution in [-0.2, 0) is 11.3 Å². The lowest BCUT2D eigenvalue weighted by Gasteiger charge is -2.34. The molecule has 3 aromatic heterocycles. The predicted molar refractivity (Wildman–Crippen MR) is 127 cm³/mol. The zero-order chi connectivity index (χ0) is 21.9. The van der Waals surface area contributed by atoms with Gasteiger partial charge in [-0.25, -0.2) is 15.0 Å². The van der Waals surface area contributed by atoms with E-state index in [0.29, 0.717) is 24.9 Å². The number of hydrogen-bond donors (Lipinski definition) is 2. The molecule has 10 heteroatoms. The second-order valence-electron chi connectivity index (χ2n) is 8.21. The number of morpholine rings is 1. The monoisotopic (exact) mass is 455 g/mol. The largest absolute Gasteiger partial charge is 0.395 e. The van der Waals surface area contributed by atoms with Crippen LogP contribution in [0.2, 0.25) is 0 Å². The lowest BCUT2D eigenvalue weighted by Crippen LogP contribution is -2.46. The van der Waals surface area contributed by atoms with E-state index in [4.69, 9.17) is 25.5 Å². The lowest BCUT2D eigenvalue weighted by molar-refractivity contribution is 0.109. The highest BCUT2D eigenvalue weighted by Crippen LogP contribution is 2.35. The van der Waals surface area contributed by atoms with Crippen molar-refractivity contribution >= 4 is 33.2 Å². The second kappa shape index (κ2) is 9.63. The molecule has 9 nitrogen and oxygen atoms in total. The summed E-state index contributed by atoms with van der Waals surface area (Å²) in [5.41, 5.74) is 7.61. The van der Waals surface area contributed by atoms with Gasteiger partial charge in [0.05, 0.1) is 30.0 Å². The third kappa shape index (κ3) is 4.69. The van der Waals surface area contributed by atoms with Crippen LogP contribution in [0, 0.1) is 0 Å². The Labute approximate surface area is 191 Å². The maximum atomic E-state index is 9.16. The molecular formula is C22H29N7O2S. The number of hydrogen-bond acceptors (Lipinski definition) is 10. The normalized spacial score (nSPS) is 18.5. The number of fused-ring (bicyclic) bond motifs is 1. The predicted octanol–water partition coefficient (Wildman–Crippen LogP) is 1.28. The van der Waals surface area contributed by atoms with Crippen molar-refractivity contribution in [3.05, 3.63) is 29.3 Å². The SMILES string of the molecule is Nc1ccc(-c2nc(N3CCOCC3)c3sc(CN4CCN(CCO)CC4)cc3n2)cn1. The molecule has 2 aliphatic rings. The summed E-state index contributed by atoms with van der Waals surface area (Å²) in [4.78, 5) is 22.5. The molecule has 0 aromatic carbocycles. The molecule has 5 rings (SSSR count). The number of aliphatic hydroxyl groups excluding tert-OH is 1. The first kappa shape index (κ1) is 21.5. The maximum absolute atomic E-state index is 9.16. The molecule has 3 N–H and O–H groups in total. The van der Waals surface area contributed by atoms with Crippen molar-refractivity contribution in [2.24, 2.45) is 0 Å². The number of aromatic nitrogens is 3. The van der Waals surface area contributed by atoms with Crippen molar-refractivity contribution in [2.45, 2.75) is 6.54 Å². The van der Waals surface area contributed by atoms with E-state index in [0.717, 1.165) is 74.0 Å². The summed E-state index contributed by atoms with van der Waals surface area (Å²) in [5, 5.41) is 9.16. The Morgan fingerprint density at radius 1 is 1.03 bits per heavy atom. The molecule has 5 heterocycles. The first-order valence-corrected chi connectivity index (χ1v) is 11.9. The number of nitrogen functional groups attached to an aromatic ring is 1. The van der Waals surface area contributed by atoms with Crippen molar-refractivity contribution < 1.29 is 9.84 Å². The van der Waals surface area contributed by atoms with Gasteiger partial charge >= 0.3 is 0 Å². The first-order valence-electron chi connectivity index (χ1n) is 11.1. The maximum Gasteiger partial charge on any atom is 0.163 e. The van der Waals surface area contributed by atoms with Crippen LogP contribution >= 0.6 is 11.3 Å². The average molecular weight is 456 g/mol. The Morgan fingerprint density at radius 3 is 2.53 bits per heavy atom. The molecule has 0 spiro atoms. The summed E-state index contributed by atoms with van der Waals surface area (Å²) in [5.74, 6) is 2.14. The summed E-state index contributed by atoms with van der Waals surface area (Å²) in [6, 6.07) is 5.92. The Balaban J connectivity index is 1.44. The van der Waals surface area contributed by atoms with Gasteiger partial charge in [-0.15, -0.1) is 11.3 Å². The third-order valence-corrected chi connectivity index (χ3v) is 7.13. The van der Waals surface area contributed by atoms with E-state index in [-0.39, 0.29) is 6.61 Å². The Kier molecular flexibility index (Phi) is 6.47. The minimum Gasteiger partial charge on any atom is -0.395 e. The number of nitrogens with zero attached hydrogens (tertiary/aromatic N) is 6. The number of piperazine rings is 1. The molecule has 0 atom stereocenters. The molecule has 0 amide bonds. The summed E-state index contributed by atoms with van der Waals surface area (Å²) in [6.45, 7) is 8.99. The van der Waals surface area contributed by atoms with Gasteiger partial charge in [0, 0.05) is 69.0 Å². The number of nitrogens with two attached hydrogens (primary N) is 1. The first-order chi connectivity index (χ1) is 15.7. The van der Waals surface area contributed by atoms with E-state index in [1.165, 1.54) is 4.88 Å². The van der Waals surface area contributed by atoms with Gasteiger partial charge in [-0.3, -0.25) is 9.80 Å². The highest BCUT2D eigenvalue weighted by Gasteiger charge is 2.22. The number of ether oxygens (including phenoxy) is 1. The van der Waals surface area contributed by atoms with Crippen LogP contribution in [0.25, 0.3) is 21.6 Å². The molecule has 32 heavy (non-hydrogen) atoms. The number of pyridine rings is 1. The molecule has 170 valence electrons. The van der Waals surface area contributed by atoms with Crippen molar-refractivity contribution in [3.63, 3.8) is 0 Å². The highest BCUT2D eigenvalue weighted by atomic mass is 32.1. The van der Waals surface area contributed by atoms with Gasteiger partial charge in [0.2, 0.25) is 0 Å².